The van der Waals surface area contributed by atoms with Gasteiger partial charge in [0.05, 0.1) is 17.3 Å². The van der Waals surface area contributed by atoms with E-state index in [0.717, 1.165) is 11.1 Å². The summed E-state index contributed by atoms with van der Waals surface area (Å²) in [5, 5.41) is 12.7. The molecule has 33 heavy (non-hydrogen) atoms. The molecule has 3 rings (SSSR count). The van der Waals surface area contributed by atoms with Crippen LogP contribution in [0.5, 0.6) is 11.5 Å². The number of anilines is 1. The second kappa shape index (κ2) is 11.2. The van der Waals surface area contributed by atoms with E-state index in [4.69, 9.17) is 21.1 Å². The smallest absolute Gasteiger partial charge is 0.266 e. The van der Waals surface area contributed by atoms with Crippen LogP contribution in [0.3, 0.4) is 0 Å². The molecule has 3 aromatic rings. The fourth-order valence-corrected chi connectivity index (χ4v) is 3.40. The quantitative estimate of drug-likeness (QED) is 0.308. The number of nitriles is 1. The number of hydrogen-bond donors (Lipinski definition) is 1. The standard InChI is InChI=1S/C27H25ClN2O3/c1-4-32-25-15-21(12-13-24(25)33-17-20-10-8-18(2)9-11-20)14-22(16-29)27(31)30-26-19(3)6-5-7-23(26)28/h5-15H,4,17H2,1-3H3,(H,30,31)/b22-14+. The second-order valence-electron chi connectivity index (χ2n) is 7.47. The Labute approximate surface area is 199 Å². The fraction of sp³-hybridized carbons (Fsp3) is 0.185. The normalized spacial score (nSPS) is 10.9. The molecule has 1 N–H and O–H groups in total. The van der Waals surface area contributed by atoms with Crippen LogP contribution in [-0.2, 0) is 11.4 Å². The Morgan fingerprint density at radius 1 is 1.06 bits per heavy atom. The van der Waals surface area contributed by atoms with E-state index in [2.05, 4.69) is 5.32 Å². The third-order valence-corrected chi connectivity index (χ3v) is 5.23. The van der Waals surface area contributed by atoms with Crippen molar-refractivity contribution in [3.63, 3.8) is 0 Å². The molecule has 0 aromatic heterocycles. The van der Waals surface area contributed by atoms with E-state index < -0.39 is 5.91 Å². The molecule has 0 heterocycles. The number of benzene rings is 3. The molecule has 0 spiro atoms. The summed E-state index contributed by atoms with van der Waals surface area (Å²) >= 11 is 6.19. The van der Waals surface area contributed by atoms with Crippen LogP contribution < -0.4 is 14.8 Å². The monoisotopic (exact) mass is 460 g/mol. The molecule has 0 atom stereocenters. The van der Waals surface area contributed by atoms with Crippen molar-refractivity contribution < 1.29 is 14.3 Å². The van der Waals surface area contributed by atoms with Crippen molar-refractivity contribution in [3.8, 4) is 17.6 Å². The van der Waals surface area contributed by atoms with Crippen molar-refractivity contribution in [3.05, 3.63) is 93.5 Å². The first-order valence-corrected chi connectivity index (χ1v) is 10.9. The molecular weight excluding hydrogens is 436 g/mol. The molecule has 0 bridgehead atoms. The minimum atomic E-state index is -0.536. The van der Waals surface area contributed by atoms with Crippen molar-refractivity contribution in [2.24, 2.45) is 0 Å². The predicted octanol–water partition coefficient (Wildman–Crippen LogP) is 6.48. The number of rotatable bonds is 8. The van der Waals surface area contributed by atoms with Gasteiger partial charge in [-0.1, -0.05) is 59.6 Å². The summed E-state index contributed by atoms with van der Waals surface area (Å²) in [5.74, 6) is 0.591. The van der Waals surface area contributed by atoms with Crippen LogP contribution in [0.4, 0.5) is 5.69 Å². The molecule has 6 heteroatoms. The number of hydrogen-bond acceptors (Lipinski definition) is 4. The number of nitrogens with one attached hydrogen (secondary N) is 1. The number of amides is 1. The number of carbonyl (C=O) groups excluding carboxylic acids is 1. The van der Waals surface area contributed by atoms with Crippen LogP contribution in [0.15, 0.2) is 66.2 Å². The zero-order chi connectivity index (χ0) is 23.8. The van der Waals surface area contributed by atoms with Gasteiger partial charge in [-0.25, -0.2) is 0 Å². The highest BCUT2D eigenvalue weighted by molar-refractivity contribution is 6.34. The Bertz CT molecular complexity index is 1190. The van der Waals surface area contributed by atoms with Crippen LogP contribution in [0.25, 0.3) is 6.08 Å². The van der Waals surface area contributed by atoms with Gasteiger partial charge in [0.2, 0.25) is 0 Å². The van der Waals surface area contributed by atoms with E-state index in [-0.39, 0.29) is 5.57 Å². The van der Waals surface area contributed by atoms with Gasteiger partial charge in [0.15, 0.2) is 11.5 Å². The van der Waals surface area contributed by atoms with Gasteiger partial charge in [-0.2, -0.15) is 5.26 Å². The van der Waals surface area contributed by atoms with Crippen LogP contribution in [0.2, 0.25) is 5.02 Å². The summed E-state index contributed by atoms with van der Waals surface area (Å²) in [7, 11) is 0. The third kappa shape index (κ3) is 6.38. The maximum absolute atomic E-state index is 12.7. The van der Waals surface area contributed by atoms with Gasteiger partial charge in [-0.15, -0.1) is 0 Å². The molecule has 0 aliphatic carbocycles. The Morgan fingerprint density at radius 3 is 2.48 bits per heavy atom. The van der Waals surface area contributed by atoms with Gasteiger partial charge in [-0.05, 0) is 61.7 Å². The van der Waals surface area contributed by atoms with Crippen LogP contribution in [-0.4, -0.2) is 12.5 Å². The summed E-state index contributed by atoms with van der Waals surface area (Å²) in [4.78, 5) is 12.7. The molecule has 0 saturated carbocycles. The zero-order valence-electron chi connectivity index (χ0n) is 18.8. The highest BCUT2D eigenvalue weighted by Crippen LogP contribution is 2.31. The molecule has 3 aromatic carbocycles. The SMILES string of the molecule is CCOc1cc(/C=C(\C#N)C(=O)Nc2c(C)cccc2Cl)ccc1OCc1ccc(C)cc1. The van der Waals surface area contributed by atoms with Gasteiger partial charge in [-0.3, -0.25) is 4.79 Å². The lowest BCUT2D eigenvalue weighted by Crippen LogP contribution is -2.14. The zero-order valence-corrected chi connectivity index (χ0v) is 19.6. The first-order chi connectivity index (χ1) is 15.9. The number of carbonyl (C=O) groups is 1. The minimum Gasteiger partial charge on any atom is -0.490 e. The summed E-state index contributed by atoms with van der Waals surface area (Å²) in [6.07, 6.45) is 1.51. The van der Waals surface area contributed by atoms with Gasteiger partial charge in [0.25, 0.3) is 5.91 Å². The number of nitrogens with zero attached hydrogens (tertiary/aromatic N) is 1. The molecule has 0 saturated heterocycles. The van der Waals surface area contributed by atoms with Gasteiger partial charge in [0, 0.05) is 0 Å². The van der Waals surface area contributed by atoms with Crippen molar-refractivity contribution in [2.75, 3.05) is 11.9 Å². The summed E-state index contributed by atoms with van der Waals surface area (Å²) in [6, 6.07) is 20.7. The predicted molar refractivity (Wildman–Crippen MR) is 132 cm³/mol. The second-order valence-corrected chi connectivity index (χ2v) is 7.88. The Morgan fingerprint density at radius 2 is 1.82 bits per heavy atom. The molecule has 0 aliphatic rings. The Hall–Kier alpha value is -3.75. The van der Waals surface area contributed by atoms with E-state index in [1.807, 2.05) is 57.2 Å². The van der Waals surface area contributed by atoms with Gasteiger partial charge < -0.3 is 14.8 Å². The van der Waals surface area contributed by atoms with E-state index in [0.29, 0.717) is 41.0 Å². The number of para-hydroxylation sites is 1. The minimum absolute atomic E-state index is 0.0508. The van der Waals surface area contributed by atoms with E-state index >= 15 is 0 Å². The molecule has 0 aliphatic heterocycles. The number of aryl methyl sites for hydroxylation is 2. The molecule has 168 valence electrons. The molecule has 0 radical (unpaired) electrons. The van der Waals surface area contributed by atoms with Crippen LogP contribution >= 0.6 is 11.6 Å². The summed E-state index contributed by atoms with van der Waals surface area (Å²) in [6.45, 7) is 6.60. The third-order valence-electron chi connectivity index (χ3n) is 4.92. The van der Waals surface area contributed by atoms with Crippen molar-refractivity contribution in [2.45, 2.75) is 27.4 Å². The largest absolute Gasteiger partial charge is 0.490 e. The van der Waals surface area contributed by atoms with E-state index in [1.165, 1.54) is 11.6 Å². The van der Waals surface area contributed by atoms with E-state index in [9.17, 15) is 10.1 Å². The average Bonchev–Trinajstić information content (AvgIpc) is 2.80. The average molecular weight is 461 g/mol. The maximum atomic E-state index is 12.7. The number of ether oxygens (including phenoxy) is 2. The molecule has 5 nitrogen and oxygen atoms in total. The highest BCUT2D eigenvalue weighted by atomic mass is 35.5. The summed E-state index contributed by atoms with van der Waals surface area (Å²) in [5.41, 5.74) is 4.12. The first kappa shape index (κ1) is 23.9. The van der Waals surface area contributed by atoms with Crippen LogP contribution in [0.1, 0.15) is 29.2 Å². The Balaban J connectivity index is 1.80. The van der Waals surface area contributed by atoms with Crippen molar-refractivity contribution >= 4 is 29.3 Å². The summed E-state index contributed by atoms with van der Waals surface area (Å²) < 4.78 is 11.7. The Kier molecular flexibility index (Phi) is 8.12. The highest BCUT2D eigenvalue weighted by Gasteiger charge is 2.14. The van der Waals surface area contributed by atoms with Gasteiger partial charge >= 0.3 is 0 Å². The van der Waals surface area contributed by atoms with Crippen molar-refractivity contribution in [1.29, 1.82) is 5.26 Å². The lowest BCUT2D eigenvalue weighted by atomic mass is 10.1. The lowest BCUT2D eigenvalue weighted by molar-refractivity contribution is -0.112. The molecule has 1 amide bonds. The van der Waals surface area contributed by atoms with E-state index in [1.54, 1.807) is 30.3 Å². The maximum Gasteiger partial charge on any atom is 0.266 e. The molecular formula is C27H25ClN2O3. The molecule has 0 unspecified atom stereocenters. The lowest BCUT2D eigenvalue weighted by Gasteiger charge is -2.13. The van der Waals surface area contributed by atoms with Crippen molar-refractivity contribution in [1.82, 2.24) is 0 Å². The number of halogens is 1. The molecule has 0 fully saturated rings. The first-order valence-electron chi connectivity index (χ1n) is 10.5. The van der Waals surface area contributed by atoms with Gasteiger partial charge in [0.1, 0.15) is 18.2 Å². The fourth-order valence-electron chi connectivity index (χ4n) is 3.13. The topological polar surface area (TPSA) is 71.3 Å². The van der Waals surface area contributed by atoms with Crippen LogP contribution in [0, 0.1) is 25.2 Å².